The van der Waals surface area contributed by atoms with Crippen molar-refractivity contribution < 1.29 is 5.21 Å². The first-order chi connectivity index (χ1) is 8.58. The van der Waals surface area contributed by atoms with Gasteiger partial charge in [0.2, 0.25) is 0 Å². The molecule has 0 atom stereocenters. The fourth-order valence-electron chi connectivity index (χ4n) is 1.68. The van der Waals surface area contributed by atoms with Gasteiger partial charge < -0.3 is 10.9 Å². The molecule has 1 rings (SSSR count). The molecule has 7 heteroatoms. The minimum atomic E-state index is 0.248. The minimum Gasteiger partial charge on any atom is -0.409 e. The summed E-state index contributed by atoms with van der Waals surface area (Å²) in [5.41, 5.74) is 5.49. The average molecular weight is 254 g/mol. The summed E-state index contributed by atoms with van der Waals surface area (Å²) in [7, 11) is 0. The lowest BCUT2D eigenvalue weighted by atomic mass is 10.2. The van der Waals surface area contributed by atoms with Crippen LogP contribution >= 0.6 is 0 Å². The van der Waals surface area contributed by atoms with Gasteiger partial charge in [-0.05, 0) is 20.8 Å². The lowest BCUT2D eigenvalue weighted by Crippen LogP contribution is -2.34. The van der Waals surface area contributed by atoms with E-state index in [1.807, 2.05) is 11.6 Å². The minimum absolute atomic E-state index is 0.248. The van der Waals surface area contributed by atoms with Gasteiger partial charge in [-0.2, -0.15) is 5.10 Å². The molecule has 1 heterocycles. The Balaban J connectivity index is 2.63. The van der Waals surface area contributed by atoms with Crippen LogP contribution in [-0.2, 0) is 13.1 Å². The fourth-order valence-corrected chi connectivity index (χ4v) is 1.68. The molecule has 1 aromatic heterocycles. The molecule has 1 aromatic rings. The first-order valence-corrected chi connectivity index (χ1v) is 6.15. The molecule has 102 valence electrons. The second-order valence-electron chi connectivity index (χ2n) is 4.40. The highest BCUT2D eigenvalue weighted by atomic mass is 16.4. The highest BCUT2D eigenvalue weighted by molar-refractivity contribution is 5.79. The number of nitrogens with zero attached hydrogens (tertiary/aromatic N) is 5. The predicted molar refractivity (Wildman–Crippen MR) is 69.3 cm³/mol. The number of aromatic nitrogens is 3. The van der Waals surface area contributed by atoms with E-state index in [0.717, 1.165) is 18.9 Å². The van der Waals surface area contributed by atoms with Crippen LogP contribution in [0.5, 0.6) is 0 Å². The van der Waals surface area contributed by atoms with Crippen LogP contribution in [0, 0.1) is 0 Å². The van der Waals surface area contributed by atoms with Gasteiger partial charge >= 0.3 is 0 Å². The smallest absolute Gasteiger partial charge is 0.141 e. The van der Waals surface area contributed by atoms with Crippen molar-refractivity contribution in [1.29, 1.82) is 0 Å². The SMILES string of the molecule is CCn1ncnc1CN(CCC(N)=NO)C(C)C. The van der Waals surface area contributed by atoms with E-state index in [-0.39, 0.29) is 5.84 Å². The highest BCUT2D eigenvalue weighted by Crippen LogP contribution is 2.06. The molecule has 0 fully saturated rings. The molecular formula is C11H22N6O. The van der Waals surface area contributed by atoms with Crippen molar-refractivity contribution in [3.05, 3.63) is 12.2 Å². The highest BCUT2D eigenvalue weighted by Gasteiger charge is 2.14. The summed E-state index contributed by atoms with van der Waals surface area (Å²) in [5, 5.41) is 15.7. The molecule has 0 bridgehead atoms. The summed E-state index contributed by atoms with van der Waals surface area (Å²) >= 11 is 0. The summed E-state index contributed by atoms with van der Waals surface area (Å²) < 4.78 is 1.87. The van der Waals surface area contributed by atoms with E-state index in [1.165, 1.54) is 0 Å². The van der Waals surface area contributed by atoms with Crippen molar-refractivity contribution in [3.63, 3.8) is 0 Å². The van der Waals surface area contributed by atoms with E-state index >= 15 is 0 Å². The lowest BCUT2D eigenvalue weighted by Gasteiger charge is -2.25. The third kappa shape index (κ3) is 3.99. The summed E-state index contributed by atoms with van der Waals surface area (Å²) in [5.74, 6) is 1.18. The maximum Gasteiger partial charge on any atom is 0.141 e. The third-order valence-corrected chi connectivity index (χ3v) is 2.85. The molecule has 0 unspecified atom stereocenters. The number of rotatable bonds is 7. The van der Waals surface area contributed by atoms with Crippen molar-refractivity contribution in [2.75, 3.05) is 6.54 Å². The Kier molecular flexibility index (Phi) is 5.57. The largest absolute Gasteiger partial charge is 0.409 e. The topological polar surface area (TPSA) is 92.6 Å². The van der Waals surface area contributed by atoms with Crippen molar-refractivity contribution in [2.45, 2.75) is 46.3 Å². The Morgan fingerprint density at radius 2 is 2.33 bits per heavy atom. The Labute approximate surface area is 107 Å². The van der Waals surface area contributed by atoms with E-state index in [1.54, 1.807) is 6.33 Å². The van der Waals surface area contributed by atoms with Gasteiger partial charge in [0.05, 0.1) is 6.54 Å². The zero-order valence-corrected chi connectivity index (χ0v) is 11.2. The van der Waals surface area contributed by atoms with Crippen LogP contribution in [0.25, 0.3) is 0 Å². The number of oxime groups is 1. The Hall–Kier alpha value is -1.63. The van der Waals surface area contributed by atoms with E-state index in [4.69, 9.17) is 10.9 Å². The van der Waals surface area contributed by atoms with Gasteiger partial charge in [-0.25, -0.2) is 9.67 Å². The van der Waals surface area contributed by atoms with Crippen LogP contribution in [0.4, 0.5) is 0 Å². The maximum atomic E-state index is 8.54. The standard InChI is InChI=1S/C11H22N6O/c1-4-17-11(13-8-14-17)7-16(9(2)3)6-5-10(12)15-18/h8-9,18H,4-7H2,1-3H3,(H2,12,15). The van der Waals surface area contributed by atoms with E-state index in [9.17, 15) is 0 Å². The van der Waals surface area contributed by atoms with Crippen molar-refractivity contribution in [3.8, 4) is 0 Å². The van der Waals surface area contributed by atoms with E-state index < -0.39 is 0 Å². The quantitative estimate of drug-likeness (QED) is 0.322. The maximum absolute atomic E-state index is 8.54. The summed E-state index contributed by atoms with van der Waals surface area (Å²) in [4.78, 5) is 6.47. The van der Waals surface area contributed by atoms with Crippen LogP contribution < -0.4 is 5.73 Å². The second-order valence-corrected chi connectivity index (χ2v) is 4.40. The van der Waals surface area contributed by atoms with Crippen LogP contribution in [0.3, 0.4) is 0 Å². The molecule has 18 heavy (non-hydrogen) atoms. The molecule has 0 spiro atoms. The van der Waals surface area contributed by atoms with E-state index in [2.05, 4.69) is 34.0 Å². The average Bonchev–Trinajstić information content (AvgIpc) is 2.80. The molecule has 0 amide bonds. The third-order valence-electron chi connectivity index (χ3n) is 2.85. The molecule has 0 aliphatic carbocycles. The fraction of sp³-hybridized carbons (Fsp3) is 0.727. The summed E-state index contributed by atoms with van der Waals surface area (Å²) in [6.07, 6.45) is 2.11. The van der Waals surface area contributed by atoms with Gasteiger partial charge in [0.15, 0.2) is 0 Å². The molecule has 0 saturated heterocycles. The molecule has 0 saturated carbocycles. The monoisotopic (exact) mass is 254 g/mol. The van der Waals surface area contributed by atoms with Gasteiger partial charge in [0, 0.05) is 25.6 Å². The number of hydrogen-bond acceptors (Lipinski definition) is 5. The van der Waals surface area contributed by atoms with Crippen molar-refractivity contribution in [2.24, 2.45) is 10.9 Å². The summed E-state index contributed by atoms with van der Waals surface area (Å²) in [6, 6.07) is 0.360. The molecule has 7 nitrogen and oxygen atoms in total. The van der Waals surface area contributed by atoms with Crippen molar-refractivity contribution in [1.82, 2.24) is 19.7 Å². The van der Waals surface area contributed by atoms with Gasteiger partial charge in [0.1, 0.15) is 18.0 Å². The number of hydrogen-bond donors (Lipinski definition) is 2. The number of amidine groups is 1. The molecule has 0 aliphatic rings. The Morgan fingerprint density at radius 1 is 1.61 bits per heavy atom. The zero-order valence-electron chi connectivity index (χ0n) is 11.2. The molecule has 3 N–H and O–H groups in total. The Bertz CT molecular complexity index is 387. The van der Waals surface area contributed by atoms with Gasteiger partial charge in [-0.1, -0.05) is 5.16 Å². The number of aryl methyl sites for hydroxylation is 1. The first-order valence-electron chi connectivity index (χ1n) is 6.15. The second kappa shape index (κ2) is 6.95. The molecule has 0 radical (unpaired) electrons. The normalized spacial score (nSPS) is 12.6. The van der Waals surface area contributed by atoms with Crippen molar-refractivity contribution >= 4 is 5.84 Å². The lowest BCUT2D eigenvalue weighted by molar-refractivity contribution is 0.208. The Morgan fingerprint density at radius 3 is 2.89 bits per heavy atom. The molecular weight excluding hydrogens is 232 g/mol. The molecule has 0 aliphatic heterocycles. The molecule has 0 aromatic carbocycles. The van der Waals surface area contributed by atoms with E-state index in [0.29, 0.717) is 19.0 Å². The zero-order chi connectivity index (χ0) is 13.5. The number of nitrogens with two attached hydrogens (primary N) is 1. The van der Waals surface area contributed by atoms with Gasteiger partial charge in [-0.15, -0.1) is 0 Å². The first kappa shape index (κ1) is 14.4. The van der Waals surface area contributed by atoms with Crippen LogP contribution in [-0.4, -0.2) is 43.3 Å². The summed E-state index contributed by atoms with van der Waals surface area (Å²) in [6.45, 7) is 8.50. The van der Waals surface area contributed by atoms with Gasteiger partial charge in [0.25, 0.3) is 0 Å². The van der Waals surface area contributed by atoms with Crippen LogP contribution in [0.15, 0.2) is 11.5 Å². The van der Waals surface area contributed by atoms with Crippen LogP contribution in [0.2, 0.25) is 0 Å². The van der Waals surface area contributed by atoms with Crippen LogP contribution in [0.1, 0.15) is 33.0 Å². The predicted octanol–water partition coefficient (Wildman–Crippen LogP) is 0.645. The van der Waals surface area contributed by atoms with Gasteiger partial charge in [-0.3, -0.25) is 4.90 Å².